The summed E-state index contributed by atoms with van der Waals surface area (Å²) in [6, 6.07) is 4.26. The van der Waals surface area contributed by atoms with E-state index in [1.165, 1.54) is 6.07 Å². The normalized spacial score (nSPS) is 11.6. The molecule has 0 aromatic heterocycles. The van der Waals surface area contributed by atoms with Gasteiger partial charge in [-0.3, -0.25) is 10.1 Å². The number of rotatable bonds is 5. The highest BCUT2D eigenvalue weighted by molar-refractivity contribution is 6.30. The summed E-state index contributed by atoms with van der Waals surface area (Å²) >= 11 is 5.72. The first-order valence-electron chi connectivity index (χ1n) is 5.25. The molecule has 1 unspecified atom stereocenters. The summed E-state index contributed by atoms with van der Waals surface area (Å²) < 4.78 is 0. The smallest absolute Gasteiger partial charge is 0.293 e. The minimum Gasteiger partial charge on any atom is -0.366 e. The number of nitrogens with zero attached hydrogens (tertiary/aromatic N) is 1. The molecule has 1 aromatic carbocycles. The van der Waals surface area contributed by atoms with Crippen LogP contribution in [-0.4, -0.2) is 11.0 Å². The van der Waals surface area contributed by atoms with Crippen LogP contribution in [0.5, 0.6) is 0 Å². The van der Waals surface area contributed by atoms with Crippen molar-refractivity contribution in [1.82, 2.24) is 0 Å². The molecule has 0 radical (unpaired) electrons. The van der Waals surface area contributed by atoms with E-state index >= 15 is 0 Å². The van der Waals surface area contributed by atoms with E-state index in [-0.39, 0.29) is 11.7 Å². The second kappa shape index (κ2) is 6.12. The number of halogens is 1. The highest BCUT2D eigenvalue weighted by Crippen LogP contribution is 2.28. The van der Waals surface area contributed by atoms with Crippen molar-refractivity contribution in [3.63, 3.8) is 0 Å². The van der Waals surface area contributed by atoms with Gasteiger partial charge in [-0.15, -0.1) is 6.42 Å². The van der Waals surface area contributed by atoms with Crippen molar-refractivity contribution in [3.05, 3.63) is 33.3 Å². The number of hydrogen-bond donors (Lipinski definition) is 1. The van der Waals surface area contributed by atoms with Gasteiger partial charge in [-0.1, -0.05) is 30.9 Å². The van der Waals surface area contributed by atoms with E-state index in [4.69, 9.17) is 18.0 Å². The third-order valence-electron chi connectivity index (χ3n) is 2.26. The Morgan fingerprint density at radius 2 is 2.35 bits per heavy atom. The van der Waals surface area contributed by atoms with Crippen LogP contribution >= 0.6 is 11.6 Å². The molecule has 0 aliphatic heterocycles. The lowest BCUT2D eigenvalue weighted by Gasteiger charge is -2.13. The molecule has 0 saturated carbocycles. The van der Waals surface area contributed by atoms with Gasteiger partial charge in [-0.25, -0.2) is 0 Å². The quantitative estimate of drug-likeness (QED) is 0.496. The van der Waals surface area contributed by atoms with Crippen LogP contribution < -0.4 is 5.32 Å². The Labute approximate surface area is 105 Å². The third-order valence-corrected chi connectivity index (χ3v) is 2.50. The molecular formula is C12H13ClN2O2. The maximum atomic E-state index is 10.9. The number of nitro groups is 1. The van der Waals surface area contributed by atoms with E-state index in [0.717, 1.165) is 12.8 Å². The number of anilines is 1. The number of nitro benzene ring substituents is 1. The van der Waals surface area contributed by atoms with Gasteiger partial charge in [-0.2, -0.15) is 0 Å². The van der Waals surface area contributed by atoms with Gasteiger partial charge in [0.25, 0.3) is 5.69 Å². The van der Waals surface area contributed by atoms with Gasteiger partial charge >= 0.3 is 0 Å². The van der Waals surface area contributed by atoms with Crippen LogP contribution in [0, 0.1) is 22.5 Å². The maximum absolute atomic E-state index is 10.9. The molecular weight excluding hydrogens is 240 g/mol. The Kier molecular flexibility index (Phi) is 4.80. The van der Waals surface area contributed by atoms with Crippen molar-refractivity contribution < 1.29 is 4.92 Å². The number of hydrogen-bond acceptors (Lipinski definition) is 3. The lowest BCUT2D eigenvalue weighted by Crippen LogP contribution is -2.17. The lowest BCUT2D eigenvalue weighted by molar-refractivity contribution is -0.384. The van der Waals surface area contributed by atoms with Crippen LogP contribution in [0.1, 0.15) is 19.8 Å². The molecule has 1 rings (SSSR count). The summed E-state index contributed by atoms with van der Waals surface area (Å²) in [5, 5.41) is 14.2. The van der Waals surface area contributed by atoms with Crippen LogP contribution in [0.3, 0.4) is 0 Å². The number of nitrogens with one attached hydrogen (secondary N) is 1. The van der Waals surface area contributed by atoms with Crippen molar-refractivity contribution in [2.45, 2.75) is 25.8 Å². The maximum Gasteiger partial charge on any atom is 0.293 e. The molecule has 0 heterocycles. The van der Waals surface area contributed by atoms with Gasteiger partial charge in [-0.05, 0) is 18.6 Å². The summed E-state index contributed by atoms with van der Waals surface area (Å²) in [6.45, 7) is 2.00. The van der Waals surface area contributed by atoms with E-state index in [1.54, 1.807) is 12.1 Å². The van der Waals surface area contributed by atoms with E-state index in [9.17, 15) is 10.1 Å². The van der Waals surface area contributed by atoms with Crippen molar-refractivity contribution in [1.29, 1.82) is 0 Å². The Bertz CT molecular complexity index is 454. The van der Waals surface area contributed by atoms with E-state index in [1.807, 2.05) is 6.92 Å². The SMILES string of the molecule is C#CC(CCC)Nc1ccc(Cl)cc1[N+](=O)[O-]. The number of terminal acetylenes is 1. The Morgan fingerprint density at radius 1 is 1.65 bits per heavy atom. The average Bonchev–Trinajstić information content (AvgIpc) is 2.30. The second-order valence-electron chi connectivity index (χ2n) is 3.57. The molecule has 0 fully saturated rings. The molecule has 17 heavy (non-hydrogen) atoms. The molecule has 0 bridgehead atoms. The van der Waals surface area contributed by atoms with Gasteiger partial charge in [0.15, 0.2) is 0 Å². The Balaban J connectivity index is 2.98. The zero-order valence-corrected chi connectivity index (χ0v) is 10.2. The highest BCUT2D eigenvalue weighted by atomic mass is 35.5. The third kappa shape index (κ3) is 3.65. The predicted octanol–water partition coefficient (Wildman–Crippen LogP) is 3.46. The molecule has 5 heteroatoms. The van der Waals surface area contributed by atoms with Gasteiger partial charge in [0.2, 0.25) is 0 Å². The van der Waals surface area contributed by atoms with Crippen molar-refractivity contribution in [2.75, 3.05) is 5.32 Å². The molecule has 1 aromatic rings. The molecule has 0 spiro atoms. The molecule has 1 atom stereocenters. The molecule has 90 valence electrons. The Hall–Kier alpha value is -1.73. The first-order chi connectivity index (χ1) is 8.08. The van der Waals surface area contributed by atoms with Gasteiger partial charge in [0.1, 0.15) is 5.69 Å². The van der Waals surface area contributed by atoms with Crippen molar-refractivity contribution in [3.8, 4) is 12.3 Å². The number of benzene rings is 1. The molecule has 1 N–H and O–H groups in total. The largest absolute Gasteiger partial charge is 0.366 e. The van der Waals surface area contributed by atoms with Crippen molar-refractivity contribution in [2.24, 2.45) is 0 Å². The molecule has 0 aliphatic rings. The zero-order valence-electron chi connectivity index (χ0n) is 9.44. The van der Waals surface area contributed by atoms with Gasteiger partial charge in [0, 0.05) is 11.1 Å². The van der Waals surface area contributed by atoms with Crippen molar-refractivity contribution >= 4 is 23.0 Å². The standard InChI is InChI=1S/C12H13ClN2O2/c1-3-5-10(4-2)14-11-7-6-9(13)8-12(11)15(16)17/h2,6-8,10,14H,3,5H2,1H3. The van der Waals surface area contributed by atoms with E-state index < -0.39 is 4.92 Å². The van der Waals surface area contributed by atoms with Crippen LogP contribution in [0.15, 0.2) is 18.2 Å². The minimum atomic E-state index is -0.478. The van der Waals surface area contributed by atoms with E-state index in [0.29, 0.717) is 10.7 Å². The predicted molar refractivity (Wildman–Crippen MR) is 69.3 cm³/mol. The van der Waals surface area contributed by atoms with Crippen LogP contribution in [0.25, 0.3) is 0 Å². The summed E-state index contributed by atoms with van der Waals surface area (Å²) in [7, 11) is 0. The molecule has 4 nitrogen and oxygen atoms in total. The summed E-state index contributed by atoms with van der Waals surface area (Å²) in [5.74, 6) is 2.57. The van der Waals surface area contributed by atoms with Gasteiger partial charge in [0.05, 0.1) is 11.0 Å². The molecule has 0 amide bonds. The first kappa shape index (κ1) is 13.3. The summed E-state index contributed by atoms with van der Waals surface area (Å²) in [5.41, 5.74) is 0.338. The summed E-state index contributed by atoms with van der Waals surface area (Å²) in [6.07, 6.45) is 7.02. The monoisotopic (exact) mass is 252 g/mol. The fraction of sp³-hybridized carbons (Fsp3) is 0.333. The van der Waals surface area contributed by atoms with Crippen LogP contribution in [0.4, 0.5) is 11.4 Å². The molecule has 0 saturated heterocycles. The first-order valence-corrected chi connectivity index (χ1v) is 5.63. The topological polar surface area (TPSA) is 55.2 Å². The zero-order chi connectivity index (χ0) is 12.8. The highest BCUT2D eigenvalue weighted by Gasteiger charge is 2.16. The van der Waals surface area contributed by atoms with E-state index in [2.05, 4.69) is 11.2 Å². The fourth-order valence-electron chi connectivity index (χ4n) is 1.45. The second-order valence-corrected chi connectivity index (χ2v) is 4.01. The Morgan fingerprint density at radius 3 is 2.88 bits per heavy atom. The summed E-state index contributed by atoms with van der Waals surface area (Å²) in [4.78, 5) is 10.4. The fourth-order valence-corrected chi connectivity index (χ4v) is 1.62. The average molecular weight is 253 g/mol. The molecule has 0 aliphatic carbocycles. The van der Waals surface area contributed by atoms with Crippen LogP contribution in [0.2, 0.25) is 5.02 Å². The van der Waals surface area contributed by atoms with Crippen LogP contribution in [-0.2, 0) is 0 Å². The lowest BCUT2D eigenvalue weighted by atomic mass is 10.1. The van der Waals surface area contributed by atoms with Gasteiger partial charge < -0.3 is 5.32 Å². The minimum absolute atomic E-state index is 0.0612.